The number of unbranched alkanes of at least 4 members (excludes halogenated alkanes) is 5. The Kier molecular flexibility index (Phi) is 14.0. The van der Waals surface area contributed by atoms with Gasteiger partial charge < -0.3 is 19.1 Å². The lowest BCUT2D eigenvalue weighted by molar-refractivity contribution is -0.142. The zero-order valence-electron chi connectivity index (χ0n) is 24.7. The molecule has 1 unspecified atom stereocenters. The van der Waals surface area contributed by atoms with Crippen LogP contribution in [-0.4, -0.2) is 52.4 Å². The molecule has 6 nitrogen and oxygen atoms in total. The maximum Gasteiger partial charge on any atom is 0.242 e. The van der Waals surface area contributed by atoms with Crippen LogP contribution in [0.2, 0.25) is 0 Å². The van der Waals surface area contributed by atoms with Crippen molar-refractivity contribution in [2.45, 2.75) is 105 Å². The first-order valence-electron chi connectivity index (χ1n) is 14.6. The number of nitrogens with zero attached hydrogens (tertiary/aromatic N) is 3. The highest BCUT2D eigenvalue weighted by molar-refractivity contribution is 5.85. The van der Waals surface area contributed by atoms with E-state index >= 15 is 0 Å². The van der Waals surface area contributed by atoms with Gasteiger partial charge in [0.2, 0.25) is 11.8 Å². The van der Waals surface area contributed by atoms with Crippen LogP contribution in [0.5, 0.6) is 5.75 Å². The minimum absolute atomic E-state index is 0.0189. The fourth-order valence-electron chi connectivity index (χ4n) is 4.76. The Morgan fingerprint density at radius 2 is 1.68 bits per heavy atom. The maximum atomic E-state index is 13.7. The van der Waals surface area contributed by atoms with E-state index in [0.29, 0.717) is 32.0 Å². The second-order valence-electron chi connectivity index (χ2n) is 10.9. The fraction of sp³-hybridized carbons (Fsp3) is 0.625. The summed E-state index contributed by atoms with van der Waals surface area (Å²) < 4.78 is 7.57. The second kappa shape index (κ2) is 17.0. The molecular formula is C32H51N3O3. The van der Waals surface area contributed by atoms with E-state index in [9.17, 15) is 9.59 Å². The van der Waals surface area contributed by atoms with Gasteiger partial charge in [0.15, 0.2) is 0 Å². The summed E-state index contributed by atoms with van der Waals surface area (Å²) >= 11 is 0. The van der Waals surface area contributed by atoms with Crippen molar-refractivity contribution in [3.05, 3.63) is 53.9 Å². The van der Waals surface area contributed by atoms with Crippen molar-refractivity contribution in [3.63, 3.8) is 0 Å². The van der Waals surface area contributed by atoms with Gasteiger partial charge >= 0.3 is 0 Å². The zero-order valence-corrected chi connectivity index (χ0v) is 24.7. The summed E-state index contributed by atoms with van der Waals surface area (Å²) in [6.07, 6.45) is 10.3. The van der Waals surface area contributed by atoms with Crippen molar-refractivity contribution in [1.82, 2.24) is 14.4 Å². The third-order valence-electron chi connectivity index (χ3n) is 7.19. The number of benzene rings is 1. The number of carbonyl (C=O) groups excluding carboxylic acids is 2. The molecule has 0 saturated heterocycles. The van der Waals surface area contributed by atoms with E-state index in [2.05, 4.69) is 57.5 Å². The molecule has 2 amide bonds. The first kappa shape index (κ1) is 31.5. The lowest BCUT2D eigenvalue weighted by Gasteiger charge is -2.32. The molecule has 1 heterocycles. The predicted molar refractivity (Wildman–Crippen MR) is 156 cm³/mol. The molecule has 212 valence electrons. The lowest BCUT2D eigenvalue weighted by atomic mass is 10.1. The van der Waals surface area contributed by atoms with Gasteiger partial charge in [-0.3, -0.25) is 9.59 Å². The van der Waals surface area contributed by atoms with Crippen LogP contribution < -0.4 is 4.74 Å². The van der Waals surface area contributed by atoms with Crippen molar-refractivity contribution in [3.8, 4) is 5.75 Å². The van der Waals surface area contributed by atoms with Gasteiger partial charge in [-0.05, 0) is 55.5 Å². The number of methoxy groups -OCH3 is 1. The predicted octanol–water partition coefficient (Wildman–Crippen LogP) is 6.91. The topological polar surface area (TPSA) is 54.8 Å². The van der Waals surface area contributed by atoms with E-state index < -0.39 is 0 Å². The second-order valence-corrected chi connectivity index (χ2v) is 10.9. The molecule has 0 saturated carbocycles. The number of hydrogen-bond donors (Lipinski definition) is 0. The molecule has 38 heavy (non-hydrogen) atoms. The van der Waals surface area contributed by atoms with Crippen LogP contribution in [0.1, 0.15) is 97.2 Å². The normalized spacial score (nSPS) is 12.0. The molecule has 2 aromatic rings. The van der Waals surface area contributed by atoms with Crippen LogP contribution in [0, 0.1) is 5.92 Å². The Labute approximate surface area is 231 Å². The number of hydrogen-bond acceptors (Lipinski definition) is 3. The van der Waals surface area contributed by atoms with Crippen molar-refractivity contribution in [2.75, 3.05) is 20.2 Å². The molecule has 0 radical (unpaired) electrons. The highest BCUT2D eigenvalue weighted by Crippen LogP contribution is 2.18. The van der Waals surface area contributed by atoms with Crippen molar-refractivity contribution >= 4 is 11.8 Å². The Balaban J connectivity index is 2.09. The van der Waals surface area contributed by atoms with Crippen LogP contribution in [-0.2, 0) is 22.7 Å². The van der Waals surface area contributed by atoms with Crippen LogP contribution in [0.3, 0.4) is 0 Å². The summed E-state index contributed by atoms with van der Waals surface area (Å²) in [5.74, 6) is 1.27. The molecule has 1 aromatic carbocycles. The molecule has 2 rings (SSSR count). The summed E-state index contributed by atoms with van der Waals surface area (Å²) in [6.45, 7) is 12.6. The van der Waals surface area contributed by atoms with Crippen LogP contribution >= 0.6 is 0 Å². The smallest absolute Gasteiger partial charge is 0.242 e. The Morgan fingerprint density at radius 1 is 0.947 bits per heavy atom. The van der Waals surface area contributed by atoms with Gasteiger partial charge in [0.25, 0.3) is 0 Å². The number of aromatic nitrogens is 1. The average molecular weight is 526 g/mol. The molecule has 6 heteroatoms. The number of amides is 2. The molecule has 0 spiro atoms. The summed E-state index contributed by atoms with van der Waals surface area (Å²) in [5, 5.41) is 0. The van der Waals surface area contributed by atoms with Crippen LogP contribution in [0.4, 0.5) is 0 Å². The van der Waals surface area contributed by atoms with Crippen molar-refractivity contribution < 1.29 is 14.3 Å². The first-order chi connectivity index (χ1) is 18.3. The van der Waals surface area contributed by atoms with E-state index in [1.807, 2.05) is 29.2 Å². The highest BCUT2D eigenvalue weighted by Gasteiger charge is 2.25. The largest absolute Gasteiger partial charge is 0.497 e. The van der Waals surface area contributed by atoms with Gasteiger partial charge in [-0.25, -0.2) is 0 Å². The van der Waals surface area contributed by atoms with Gasteiger partial charge in [0.1, 0.15) is 5.75 Å². The third kappa shape index (κ3) is 10.5. The van der Waals surface area contributed by atoms with E-state index in [1.165, 1.54) is 25.7 Å². The highest BCUT2D eigenvalue weighted by atomic mass is 16.5. The number of carbonyl (C=O) groups is 2. The van der Waals surface area contributed by atoms with E-state index in [-0.39, 0.29) is 24.4 Å². The minimum Gasteiger partial charge on any atom is -0.497 e. The summed E-state index contributed by atoms with van der Waals surface area (Å²) in [7, 11) is 1.68. The minimum atomic E-state index is 0.0189. The van der Waals surface area contributed by atoms with Gasteiger partial charge in [-0.2, -0.15) is 0 Å². The molecule has 0 aliphatic heterocycles. The molecule has 1 atom stereocenters. The van der Waals surface area contributed by atoms with Crippen LogP contribution in [0.25, 0.3) is 0 Å². The van der Waals surface area contributed by atoms with Crippen molar-refractivity contribution in [1.29, 1.82) is 0 Å². The maximum absolute atomic E-state index is 13.7. The lowest BCUT2D eigenvalue weighted by Crippen LogP contribution is -2.47. The Bertz CT molecular complexity index is 968. The van der Waals surface area contributed by atoms with Gasteiger partial charge in [-0.1, -0.05) is 71.9 Å². The number of ether oxygens (including phenoxy) is 1. The zero-order chi connectivity index (χ0) is 27.9. The third-order valence-corrected chi connectivity index (χ3v) is 7.19. The van der Waals surface area contributed by atoms with E-state index in [1.54, 1.807) is 12.0 Å². The molecule has 0 bridgehead atoms. The SMILES string of the molecule is CCCCCCCCC(=O)N(CC(=O)N(Cc1cccn1Cc1cccc(OC)c1)C(C)CC)CC(C)C. The number of rotatable bonds is 18. The molecule has 0 aliphatic rings. The summed E-state index contributed by atoms with van der Waals surface area (Å²) in [4.78, 5) is 30.5. The van der Waals surface area contributed by atoms with E-state index in [4.69, 9.17) is 4.74 Å². The van der Waals surface area contributed by atoms with Gasteiger partial charge in [0, 0.05) is 37.4 Å². The van der Waals surface area contributed by atoms with Crippen molar-refractivity contribution in [2.24, 2.45) is 5.92 Å². The quantitative estimate of drug-likeness (QED) is 0.199. The first-order valence-corrected chi connectivity index (χ1v) is 14.6. The average Bonchev–Trinajstić information content (AvgIpc) is 3.34. The van der Waals surface area contributed by atoms with Gasteiger partial charge in [0.05, 0.1) is 20.2 Å². The van der Waals surface area contributed by atoms with E-state index in [0.717, 1.165) is 36.3 Å². The molecular weight excluding hydrogens is 474 g/mol. The van der Waals surface area contributed by atoms with Crippen LogP contribution in [0.15, 0.2) is 42.6 Å². The standard InChI is InChI=1S/C32H51N3O3/c1-7-9-10-11-12-13-19-31(36)34(22-26(3)4)25-32(37)35(27(5)8-2)24-29-17-15-20-33(29)23-28-16-14-18-30(21-28)38-6/h14-18,20-21,26-27H,7-13,19,22-25H2,1-6H3. The Hall–Kier alpha value is -2.76. The summed E-state index contributed by atoms with van der Waals surface area (Å²) in [5.41, 5.74) is 2.22. The molecule has 0 aliphatic carbocycles. The monoisotopic (exact) mass is 525 g/mol. The molecule has 1 aromatic heterocycles. The molecule has 0 fully saturated rings. The Morgan fingerprint density at radius 3 is 2.37 bits per heavy atom. The molecule has 0 N–H and O–H groups in total. The summed E-state index contributed by atoms with van der Waals surface area (Å²) in [6, 6.07) is 12.3. The fourth-order valence-corrected chi connectivity index (χ4v) is 4.76. The van der Waals surface area contributed by atoms with Gasteiger partial charge in [-0.15, -0.1) is 0 Å².